The Bertz CT molecular complexity index is 644. The van der Waals surface area contributed by atoms with Gasteiger partial charge in [-0.3, -0.25) is 9.78 Å². The van der Waals surface area contributed by atoms with Gasteiger partial charge < -0.3 is 9.84 Å². The third kappa shape index (κ3) is 3.75. The van der Waals surface area contributed by atoms with Crippen LogP contribution in [0.4, 0.5) is 0 Å². The molecule has 0 aliphatic carbocycles. The van der Waals surface area contributed by atoms with E-state index in [2.05, 4.69) is 20.5 Å². The second-order valence-corrected chi connectivity index (χ2v) is 3.92. The van der Waals surface area contributed by atoms with E-state index >= 15 is 0 Å². The van der Waals surface area contributed by atoms with Gasteiger partial charge in [0.1, 0.15) is 5.69 Å². The van der Waals surface area contributed by atoms with E-state index in [9.17, 15) is 9.90 Å². The van der Waals surface area contributed by atoms with Gasteiger partial charge in [-0.2, -0.15) is 5.10 Å². The number of aromatic hydroxyl groups is 1. The van der Waals surface area contributed by atoms with Crippen molar-refractivity contribution in [3.8, 4) is 11.5 Å². The molecule has 1 aromatic carbocycles. The molecule has 0 unspecified atom stereocenters. The molecule has 1 amide bonds. The molecule has 7 nitrogen and oxygen atoms in total. The number of nitrogens with zero attached hydrogens (tertiary/aromatic N) is 3. The molecule has 0 bridgehead atoms. The number of aromatic nitrogens is 2. The number of amides is 1. The second kappa shape index (κ2) is 6.99. The van der Waals surface area contributed by atoms with E-state index in [4.69, 9.17) is 4.74 Å². The standard InChI is InChI=1S/C14H14N4O3/c1-2-21-12-5-3-4-10(13(12)19)8-17-18-14(20)11-9-15-6-7-16-11/h3-9,19H,2H2,1H3,(H,18,20)/b17-8-. The second-order valence-electron chi connectivity index (χ2n) is 3.92. The van der Waals surface area contributed by atoms with E-state index in [1.54, 1.807) is 18.2 Å². The summed E-state index contributed by atoms with van der Waals surface area (Å²) in [4.78, 5) is 19.3. The van der Waals surface area contributed by atoms with Crippen molar-refractivity contribution < 1.29 is 14.6 Å². The van der Waals surface area contributed by atoms with Crippen LogP contribution in [0.15, 0.2) is 41.9 Å². The zero-order chi connectivity index (χ0) is 15.1. The van der Waals surface area contributed by atoms with Gasteiger partial charge in [0.2, 0.25) is 0 Å². The van der Waals surface area contributed by atoms with Crippen LogP contribution in [0.5, 0.6) is 11.5 Å². The molecule has 0 aliphatic rings. The van der Waals surface area contributed by atoms with Crippen LogP contribution in [0, 0.1) is 0 Å². The summed E-state index contributed by atoms with van der Waals surface area (Å²) in [6, 6.07) is 5.01. The molecule has 7 heteroatoms. The summed E-state index contributed by atoms with van der Waals surface area (Å²) in [7, 11) is 0. The summed E-state index contributed by atoms with van der Waals surface area (Å²) < 4.78 is 5.26. The van der Waals surface area contributed by atoms with E-state index in [1.165, 1.54) is 24.8 Å². The highest BCUT2D eigenvalue weighted by Gasteiger charge is 2.07. The van der Waals surface area contributed by atoms with Gasteiger partial charge in [0, 0.05) is 18.0 Å². The minimum atomic E-state index is -0.486. The SMILES string of the molecule is CCOc1cccc(/C=N\NC(=O)c2cnccn2)c1O. The van der Waals surface area contributed by atoms with Crippen LogP contribution in [0.25, 0.3) is 0 Å². The number of phenolic OH excluding ortho intramolecular Hbond substituents is 1. The minimum absolute atomic E-state index is 0.0307. The van der Waals surface area contributed by atoms with Crippen molar-refractivity contribution in [1.82, 2.24) is 15.4 Å². The lowest BCUT2D eigenvalue weighted by Crippen LogP contribution is -2.19. The van der Waals surface area contributed by atoms with Gasteiger partial charge in [-0.25, -0.2) is 10.4 Å². The predicted molar refractivity (Wildman–Crippen MR) is 76.4 cm³/mol. The molecule has 0 saturated heterocycles. The Hall–Kier alpha value is -2.96. The Morgan fingerprint density at radius 3 is 3.05 bits per heavy atom. The quantitative estimate of drug-likeness (QED) is 0.638. The highest BCUT2D eigenvalue weighted by molar-refractivity contribution is 5.93. The maximum atomic E-state index is 11.7. The molecular formula is C14H14N4O3. The van der Waals surface area contributed by atoms with Crippen molar-refractivity contribution >= 4 is 12.1 Å². The summed E-state index contributed by atoms with van der Waals surface area (Å²) in [6.45, 7) is 2.26. The molecule has 2 aromatic rings. The molecule has 2 rings (SSSR count). The number of ether oxygens (including phenoxy) is 1. The number of phenols is 1. The lowest BCUT2D eigenvalue weighted by molar-refractivity contribution is 0.0949. The normalized spacial score (nSPS) is 10.5. The van der Waals surface area contributed by atoms with Gasteiger partial charge in [-0.1, -0.05) is 6.07 Å². The summed E-state index contributed by atoms with van der Waals surface area (Å²) >= 11 is 0. The van der Waals surface area contributed by atoms with Gasteiger partial charge in [-0.15, -0.1) is 0 Å². The number of hydrogen-bond acceptors (Lipinski definition) is 6. The van der Waals surface area contributed by atoms with Crippen LogP contribution >= 0.6 is 0 Å². The van der Waals surface area contributed by atoms with Crippen molar-refractivity contribution in [2.45, 2.75) is 6.92 Å². The van der Waals surface area contributed by atoms with Crippen molar-refractivity contribution in [2.75, 3.05) is 6.61 Å². The summed E-state index contributed by atoms with van der Waals surface area (Å²) in [5.41, 5.74) is 2.89. The molecule has 21 heavy (non-hydrogen) atoms. The number of carbonyl (C=O) groups excluding carboxylic acids is 1. The number of nitrogens with one attached hydrogen (secondary N) is 1. The third-order valence-electron chi connectivity index (χ3n) is 2.50. The van der Waals surface area contributed by atoms with E-state index < -0.39 is 5.91 Å². The number of rotatable bonds is 5. The van der Waals surface area contributed by atoms with Gasteiger partial charge >= 0.3 is 0 Å². The van der Waals surface area contributed by atoms with Crippen molar-refractivity contribution in [3.63, 3.8) is 0 Å². The fourth-order valence-electron chi connectivity index (χ4n) is 1.55. The smallest absolute Gasteiger partial charge is 0.291 e. The van der Waals surface area contributed by atoms with Gasteiger partial charge in [-0.05, 0) is 19.1 Å². The fourth-order valence-corrected chi connectivity index (χ4v) is 1.55. The van der Waals surface area contributed by atoms with E-state index in [0.717, 1.165) is 0 Å². The molecule has 2 N–H and O–H groups in total. The Balaban J connectivity index is 2.05. The maximum Gasteiger partial charge on any atom is 0.291 e. The molecule has 0 aliphatic heterocycles. The van der Waals surface area contributed by atoms with Crippen LogP contribution in [0.3, 0.4) is 0 Å². The molecule has 108 valence electrons. The summed E-state index contributed by atoms with van der Waals surface area (Å²) in [5.74, 6) is -0.154. The van der Waals surface area contributed by atoms with E-state index in [0.29, 0.717) is 17.9 Å². The Labute approximate surface area is 121 Å². The fraction of sp³-hybridized carbons (Fsp3) is 0.143. The van der Waals surface area contributed by atoms with Crippen molar-refractivity contribution in [1.29, 1.82) is 0 Å². The molecule has 0 fully saturated rings. The number of hydrogen-bond donors (Lipinski definition) is 2. The Morgan fingerprint density at radius 2 is 2.33 bits per heavy atom. The summed E-state index contributed by atoms with van der Waals surface area (Å²) in [5, 5.41) is 13.7. The van der Waals surface area contributed by atoms with Gasteiger partial charge in [0.05, 0.1) is 19.0 Å². The van der Waals surface area contributed by atoms with E-state index in [1.807, 2.05) is 6.92 Å². The molecule has 0 saturated carbocycles. The first-order valence-corrected chi connectivity index (χ1v) is 6.26. The monoisotopic (exact) mass is 286 g/mol. The lowest BCUT2D eigenvalue weighted by atomic mass is 10.2. The van der Waals surface area contributed by atoms with Crippen molar-refractivity contribution in [2.24, 2.45) is 5.10 Å². The lowest BCUT2D eigenvalue weighted by Gasteiger charge is -2.07. The zero-order valence-corrected chi connectivity index (χ0v) is 11.4. The first-order valence-electron chi connectivity index (χ1n) is 6.26. The molecule has 0 atom stereocenters. The molecule has 1 aromatic heterocycles. The average molecular weight is 286 g/mol. The summed E-state index contributed by atoms with van der Waals surface area (Å²) in [6.07, 6.45) is 5.54. The zero-order valence-electron chi connectivity index (χ0n) is 11.4. The third-order valence-corrected chi connectivity index (χ3v) is 2.50. The van der Waals surface area contributed by atoms with Gasteiger partial charge in [0.25, 0.3) is 5.91 Å². The van der Waals surface area contributed by atoms with Crippen LogP contribution in [0.1, 0.15) is 23.0 Å². The number of benzene rings is 1. The highest BCUT2D eigenvalue weighted by atomic mass is 16.5. The van der Waals surface area contributed by atoms with Crippen LogP contribution in [-0.4, -0.2) is 33.8 Å². The molecule has 1 heterocycles. The number of carbonyl (C=O) groups is 1. The van der Waals surface area contributed by atoms with Gasteiger partial charge in [0.15, 0.2) is 11.5 Å². The molecular weight excluding hydrogens is 272 g/mol. The van der Waals surface area contributed by atoms with Crippen LogP contribution in [-0.2, 0) is 0 Å². The highest BCUT2D eigenvalue weighted by Crippen LogP contribution is 2.28. The largest absolute Gasteiger partial charge is 0.504 e. The first kappa shape index (κ1) is 14.4. The predicted octanol–water partition coefficient (Wildman–Crippen LogP) is 1.34. The van der Waals surface area contributed by atoms with Crippen LogP contribution in [0.2, 0.25) is 0 Å². The van der Waals surface area contributed by atoms with Crippen molar-refractivity contribution in [3.05, 3.63) is 48.0 Å². The molecule has 0 radical (unpaired) electrons. The van der Waals surface area contributed by atoms with E-state index in [-0.39, 0.29) is 11.4 Å². The van der Waals surface area contributed by atoms with Crippen LogP contribution < -0.4 is 10.2 Å². The minimum Gasteiger partial charge on any atom is -0.504 e. The topological polar surface area (TPSA) is 96.7 Å². The Morgan fingerprint density at radius 1 is 1.48 bits per heavy atom. The number of para-hydroxylation sites is 1. The Kier molecular flexibility index (Phi) is 4.81. The maximum absolute atomic E-state index is 11.7. The average Bonchev–Trinajstić information content (AvgIpc) is 2.52. The number of hydrazone groups is 1. The first-order chi connectivity index (χ1) is 10.2. The molecule has 0 spiro atoms.